The Bertz CT molecular complexity index is 1590. The topological polar surface area (TPSA) is 116 Å². The number of fused-ring (bicyclic) bond motifs is 2. The minimum atomic E-state index is -0.366. The van der Waals surface area contributed by atoms with Gasteiger partial charge in [0.05, 0.1) is 22.1 Å². The first-order valence-corrected chi connectivity index (χ1v) is 10.8. The fraction of sp³-hybridized carbons (Fsp3) is 0.120. The lowest BCUT2D eigenvalue weighted by Crippen LogP contribution is -2.28. The Labute approximate surface area is 193 Å². The Hall–Kier alpha value is -4.53. The molecule has 5 aromatic rings. The van der Waals surface area contributed by atoms with Crippen molar-refractivity contribution in [3.63, 3.8) is 0 Å². The molecule has 3 aromatic carbocycles. The summed E-state index contributed by atoms with van der Waals surface area (Å²) in [6.45, 7) is 2.32. The second kappa shape index (κ2) is 8.78. The molecule has 34 heavy (non-hydrogen) atoms. The van der Waals surface area contributed by atoms with Crippen LogP contribution in [0.3, 0.4) is 0 Å². The largest absolute Gasteiger partial charge is 0.338 e. The van der Waals surface area contributed by atoms with Crippen LogP contribution < -0.4 is 16.2 Å². The number of carbonyl (C=O) groups is 1. The number of H-pyrrole nitrogens is 2. The van der Waals surface area contributed by atoms with E-state index >= 15 is 4.39 Å². The van der Waals surface area contributed by atoms with E-state index < -0.39 is 0 Å². The lowest BCUT2D eigenvalue weighted by molar-refractivity contribution is 0.252. The Morgan fingerprint density at radius 2 is 1.88 bits per heavy atom. The summed E-state index contributed by atoms with van der Waals surface area (Å²) < 4.78 is 15.6. The minimum Gasteiger partial charge on any atom is -0.338 e. The molecule has 0 aliphatic heterocycles. The average Bonchev–Trinajstić information content (AvgIpc) is 3.23. The molecule has 8 nitrogen and oxygen atoms in total. The third-order valence-corrected chi connectivity index (χ3v) is 5.57. The molecule has 2 aromatic heterocycles. The average molecular weight is 456 g/mol. The fourth-order valence-corrected chi connectivity index (χ4v) is 3.97. The Kier molecular flexibility index (Phi) is 5.51. The van der Waals surface area contributed by atoms with Gasteiger partial charge in [-0.05, 0) is 36.2 Å². The smallest absolute Gasteiger partial charge is 0.321 e. The molecule has 5 rings (SSSR count). The van der Waals surface area contributed by atoms with E-state index in [1.807, 2.05) is 19.1 Å². The first kappa shape index (κ1) is 21.3. The Balaban J connectivity index is 1.49. The summed E-state index contributed by atoms with van der Waals surface area (Å²) in [6, 6.07) is 17.4. The second-order valence-electron chi connectivity index (χ2n) is 7.80. The number of hydrogen-bond acceptors (Lipinski definition) is 4. The highest BCUT2D eigenvalue weighted by molar-refractivity contribution is 5.91. The van der Waals surface area contributed by atoms with Crippen LogP contribution in [0, 0.1) is 5.82 Å². The van der Waals surface area contributed by atoms with Crippen molar-refractivity contribution in [2.75, 3.05) is 11.9 Å². The van der Waals surface area contributed by atoms with E-state index in [4.69, 9.17) is 0 Å². The Morgan fingerprint density at radius 1 is 1.06 bits per heavy atom. The molecule has 4 N–H and O–H groups in total. The number of imidazole rings is 1. The standard InChI is InChI=1S/C25H21FN6O2/c1-2-27-25(34)30-24-28-19-11-10-14(12-21(19)29-24)16-9-5-6-15(22(16)26)13-20-17-7-3-4-8-18(17)23(33)32-31-20/h3-12H,2,13H2,1H3,(H,32,33)(H3,27,28,29,30,34). The summed E-state index contributed by atoms with van der Waals surface area (Å²) >= 11 is 0. The third-order valence-electron chi connectivity index (χ3n) is 5.57. The third kappa shape index (κ3) is 3.99. The summed E-state index contributed by atoms with van der Waals surface area (Å²) in [6.07, 6.45) is 0.224. The molecule has 0 saturated heterocycles. The SMILES string of the molecule is CCNC(=O)Nc1nc2cc(-c3cccc(Cc4n[nH]c(=O)c5ccccc45)c3F)ccc2[nH]1. The van der Waals surface area contributed by atoms with E-state index in [1.54, 1.807) is 48.5 Å². The Morgan fingerprint density at radius 3 is 2.71 bits per heavy atom. The molecule has 0 radical (unpaired) electrons. The van der Waals surface area contributed by atoms with Crippen LogP contribution in [0.2, 0.25) is 0 Å². The van der Waals surface area contributed by atoms with E-state index in [9.17, 15) is 9.59 Å². The molecule has 0 aliphatic carbocycles. The number of urea groups is 1. The number of aromatic nitrogens is 4. The number of benzene rings is 3. The van der Waals surface area contributed by atoms with Gasteiger partial charge in [0.2, 0.25) is 5.95 Å². The van der Waals surface area contributed by atoms with Crippen molar-refractivity contribution in [3.8, 4) is 11.1 Å². The van der Waals surface area contributed by atoms with E-state index in [0.29, 0.717) is 51.2 Å². The molecule has 0 saturated carbocycles. The molecule has 0 unspecified atom stereocenters. The van der Waals surface area contributed by atoms with Crippen molar-refractivity contribution < 1.29 is 9.18 Å². The summed E-state index contributed by atoms with van der Waals surface area (Å²) in [7, 11) is 0. The van der Waals surface area contributed by atoms with Crippen molar-refractivity contribution in [1.29, 1.82) is 0 Å². The lowest BCUT2D eigenvalue weighted by atomic mass is 9.98. The number of hydrogen-bond donors (Lipinski definition) is 4. The minimum absolute atomic E-state index is 0.224. The summed E-state index contributed by atoms with van der Waals surface area (Å²) in [5.41, 5.74) is 3.18. The van der Waals surface area contributed by atoms with Crippen LogP contribution in [-0.4, -0.2) is 32.7 Å². The number of anilines is 1. The van der Waals surface area contributed by atoms with Gasteiger partial charge in [0.1, 0.15) is 5.82 Å². The van der Waals surface area contributed by atoms with Crippen molar-refractivity contribution in [3.05, 3.63) is 88.1 Å². The van der Waals surface area contributed by atoms with Gasteiger partial charge in [-0.25, -0.2) is 19.3 Å². The molecule has 0 spiro atoms. The second-order valence-corrected chi connectivity index (χ2v) is 7.80. The zero-order valence-electron chi connectivity index (χ0n) is 18.3. The number of halogens is 1. The van der Waals surface area contributed by atoms with Crippen LogP contribution in [0.15, 0.2) is 65.5 Å². The van der Waals surface area contributed by atoms with Gasteiger partial charge in [0, 0.05) is 23.9 Å². The summed E-state index contributed by atoms with van der Waals surface area (Å²) in [5, 5.41) is 13.2. The van der Waals surface area contributed by atoms with Gasteiger partial charge in [-0.15, -0.1) is 0 Å². The maximum atomic E-state index is 15.6. The number of nitrogens with one attached hydrogen (secondary N) is 4. The van der Waals surface area contributed by atoms with Gasteiger partial charge in [-0.3, -0.25) is 10.1 Å². The van der Waals surface area contributed by atoms with Crippen LogP contribution in [0.25, 0.3) is 32.9 Å². The van der Waals surface area contributed by atoms with Crippen LogP contribution in [0.5, 0.6) is 0 Å². The van der Waals surface area contributed by atoms with E-state index in [2.05, 4.69) is 30.8 Å². The van der Waals surface area contributed by atoms with Crippen molar-refractivity contribution >= 4 is 33.8 Å². The van der Waals surface area contributed by atoms with Crippen molar-refractivity contribution in [2.24, 2.45) is 0 Å². The van der Waals surface area contributed by atoms with Crippen molar-refractivity contribution in [2.45, 2.75) is 13.3 Å². The highest BCUT2D eigenvalue weighted by atomic mass is 19.1. The molecule has 0 aliphatic rings. The zero-order chi connectivity index (χ0) is 23.7. The molecule has 2 heterocycles. The maximum absolute atomic E-state index is 15.6. The number of aromatic amines is 2. The highest BCUT2D eigenvalue weighted by Gasteiger charge is 2.15. The van der Waals surface area contributed by atoms with Gasteiger partial charge < -0.3 is 10.3 Å². The molecule has 0 bridgehead atoms. The predicted octanol–water partition coefficient (Wildman–Crippen LogP) is 4.34. The van der Waals surface area contributed by atoms with E-state index in [1.165, 1.54) is 0 Å². The number of carbonyl (C=O) groups excluding carboxylic acids is 1. The van der Waals surface area contributed by atoms with E-state index in [-0.39, 0.29) is 23.8 Å². The summed E-state index contributed by atoms with van der Waals surface area (Å²) in [4.78, 5) is 31.2. The van der Waals surface area contributed by atoms with Gasteiger partial charge in [-0.1, -0.05) is 42.5 Å². The molecule has 0 atom stereocenters. The first-order valence-electron chi connectivity index (χ1n) is 10.8. The van der Waals surface area contributed by atoms with Crippen LogP contribution >= 0.6 is 0 Å². The molecular weight excluding hydrogens is 435 g/mol. The van der Waals surface area contributed by atoms with Gasteiger partial charge in [-0.2, -0.15) is 5.10 Å². The van der Waals surface area contributed by atoms with Crippen LogP contribution in [-0.2, 0) is 6.42 Å². The molecular formula is C25H21FN6O2. The monoisotopic (exact) mass is 456 g/mol. The molecule has 170 valence electrons. The number of rotatable bonds is 5. The van der Waals surface area contributed by atoms with E-state index in [0.717, 1.165) is 5.52 Å². The summed E-state index contributed by atoms with van der Waals surface area (Å²) in [5.74, 6) is -0.0570. The lowest BCUT2D eigenvalue weighted by Gasteiger charge is -2.10. The quantitative estimate of drug-likeness (QED) is 0.315. The van der Waals surface area contributed by atoms with Crippen molar-refractivity contribution in [1.82, 2.24) is 25.5 Å². The highest BCUT2D eigenvalue weighted by Crippen LogP contribution is 2.29. The van der Waals surface area contributed by atoms with Crippen LogP contribution in [0.4, 0.5) is 15.1 Å². The first-order chi connectivity index (χ1) is 16.5. The van der Waals surface area contributed by atoms with Gasteiger partial charge >= 0.3 is 6.03 Å². The number of amides is 2. The predicted molar refractivity (Wildman–Crippen MR) is 129 cm³/mol. The van der Waals surface area contributed by atoms with Crippen LogP contribution in [0.1, 0.15) is 18.2 Å². The van der Waals surface area contributed by atoms with Gasteiger partial charge in [0.25, 0.3) is 5.56 Å². The molecule has 9 heteroatoms. The maximum Gasteiger partial charge on any atom is 0.321 e. The molecule has 2 amide bonds. The zero-order valence-corrected chi connectivity index (χ0v) is 18.3. The normalized spacial score (nSPS) is 11.1. The van der Waals surface area contributed by atoms with Gasteiger partial charge in [0.15, 0.2) is 0 Å². The fourth-order valence-electron chi connectivity index (χ4n) is 3.97. The number of nitrogens with zero attached hydrogens (tertiary/aromatic N) is 2. The molecule has 0 fully saturated rings.